The third-order valence-electron chi connectivity index (χ3n) is 2.62. The summed E-state index contributed by atoms with van der Waals surface area (Å²) >= 11 is 1.34. The lowest BCUT2D eigenvalue weighted by atomic mass is 10.3. The number of hydrogen-bond acceptors (Lipinski definition) is 6. The molecule has 1 atom stereocenters. The number of aromatic amines is 1. The third kappa shape index (κ3) is 4.68. The van der Waals surface area contributed by atoms with Gasteiger partial charge < -0.3 is 15.0 Å². The van der Waals surface area contributed by atoms with E-state index in [-0.39, 0.29) is 17.6 Å². The van der Waals surface area contributed by atoms with E-state index >= 15 is 0 Å². The highest BCUT2D eigenvalue weighted by atomic mass is 32.2. The van der Waals surface area contributed by atoms with Crippen molar-refractivity contribution in [2.45, 2.75) is 37.0 Å². The van der Waals surface area contributed by atoms with Gasteiger partial charge in [-0.2, -0.15) is 0 Å². The van der Waals surface area contributed by atoms with Gasteiger partial charge in [-0.05, 0) is 19.8 Å². The second-order valence-corrected chi connectivity index (χ2v) is 5.30. The summed E-state index contributed by atoms with van der Waals surface area (Å²) in [6, 6.07) is 1.41. The van der Waals surface area contributed by atoms with Crippen LogP contribution in [-0.2, 0) is 9.53 Å². The van der Waals surface area contributed by atoms with Crippen LogP contribution in [0, 0.1) is 0 Å². The minimum atomic E-state index is -0.358. The van der Waals surface area contributed by atoms with Crippen molar-refractivity contribution in [1.82, 2.24) is 15.3 Å². The summed E-state index contributed by atoms with van der Waals surface area (Å²) in [4.78, 5) is 29.6. The highest BCUT2D eigenvalue weighted by Crippen LogP contribution is 2.21. The van der Waals surface area contributed by atoms with E-state index in [1.54, 1.807) is 6.92 Å². The number of carbonyl (C=O) groups excluding carboxylic acids is 1. The first-order chi connectivity index (χ1) is 9.19. The molecule has 2 rings (SSSR count). The number of nitrogens with zero attached hydrogens (tertiary/aromatic N) is 1. The van der Waals surface area contributed by atoms with E-state index in [9.17, 15) is 9.59 Å². The van der Waals surface area contributed by atoms with Gasteiger partial charge >= 0.3 is 5.97 Å². The van der Waals surface area contributed by atoms with Crippen molar-refractivity contribution in [2.24, 2.45) is 0 Å². The molecule has 0 bridgehead atoms. The van der Waals surface area contributed by atoms with E-state index < -0.39 is 0 Å². The lowest BCUT2D eigenvalue weighted by Gasteiger charge is -2.16. The number of carbonyl (C=O) groups is 1. The van der Waals surface area contributed by atoms with E-state index in [2.05, 4.69) is 15.3 Å². The molecule has 1 heterocycles. The van der Waals surface area contributed by atoms with Crippen molar-refractivity contribution in [1.29, 1.82) is 0 Å². The highest BCUT2D eigenvalue weighted by Gasteiger charge is 2.29. The van der Waals surface area contributed by atoms with Crippen LogP contribution in [-0.4, -0.2) is 40.4 Å². The predicted octanol–water partition coefficient (Wildman–Crippen LogP) is 0.546. The van der Waals surface area contributed by atoms with Crippen LogP contribution in [0.1, 0.15) is 19.8 Å². The second-order valence-electron chi connectivity index (χ2n) is 4.30. The van der Waals surface area contributed by atoms with Crippen molar-refractivity contribution >= 4 is 17.7 Å². The van der Waals surface area contributed by atoms with Gasteiger partial charge in [-0.25, -0.2) is 4.98 Å². The van der Waals surface area contributed by atoms with E-state index in [1.807, 2.05) is 0 Å². The van der Waals surface area contributed by atoms with Crippen molar-refractivity contribution in [3.63, 3.8) is 0 Å². The molecule has 0 saturated heterocycles. The maximum Gasteiger partial charge on any atom is 0.324 e. The molecule has 1 saturated carbocycles. The fourth-order valence-electron chi connectivity index (χ4n) is 1.55. The molecule has 19 heavy (non-hydrogen) atoms. The molecule has 1 aliphatic carbocycles. The Bertz CT molecular complexity index is 487. The Morgan fingerprint density at radius 1 is 1.68 bits per heavy atom. The molecule has 1 aliphatic rings. The zero-order valence-electron chi connectivity index (χ0n) is 10.7. The van der Waals surface area contributed by atoms with Gasteiger partial charge in [0, 0.05) is 24.1 Å². The second kappa shape index (κ2) is 6.72. The van der Waals surface area contributed by atoms with Gasteiger partial charge in [0.25, 0.3) is 5.56 Å². The third-order valence-corrected chi connectivity index (χ3v) is 3.60. The molecule has 104 valence electrons. The zero-order valence-corrected chi connectivity index (χ0v) is 11.5. The molecule has 0 spiro atoms. The van der Waals surface area contributed by atoms with Crippen LogP contribution >= 0.6 is 11.8 Å². The molecule has 1 unspecified atom stereocenters. The Labute approximate surface area is 115 Å². The Morgan fingerprint density at radius 3 is 3.11 bits per heavy atom. The number of nitrogens with one attached hydrogen (secondary N) is 2. The number of rotatable bonds is 7. The quantitative estimate of drug-likeness (QED) is 0.432. The van der Waals surface area contributed by atoms with Gasteiger partial charge in [-0.3, -0.25) is 9.59 Å². The Morgan fingerprint density at radius 2 is 2.47 bits per heavy atom. The molecule has 1 aromatic heterocycles. The Hall–Kier alpha value is -1.34. The summed E-state index contributed by atoms with van der Waals surface area (Å²) in [6.45, 7) is 2.15. The number of ether oxygens (including phenoxy) is 1. The van der Waals surface area contributed by atoms with E-state index in [4.69, 9.17) is 4.74 Å². The molecule has 1 fully saturated rings. The monoisotopic (exact) mass is 283 g/mol. The van der Waals surface area contributed by atoms with Crippen LogP contribution in [0.5, 0.6) is 0 Å². The summed E-state index contributed by atoms with van der Waals surface area (Å²) in [7, 11) is 0. The standard InChI is InChI=1S/C12H17N3O3S/c1-2-18-11(17)9(14-8-3-4-8)7-19-12-13-6-5-10(16)15-12/h5-6,8-9,14H,2-4,7H2,1H3,(H,13,15,16). The number of hydrogen-bond donors (Lipinski definition) is 2. The molecule has 0 aromatic carbocycles. The van der Waals surface area contributed by atoms with Crippen LogP contribution < -0.4 is 10.9 Å². The van der Waals surface area contributed by atoms with Crippen LogP contribution in [0.2, 0.25) is 0 Å². The summed E-state index contributed by atoms with van der Waals surface area (Å²) in [5, 5.41) is 3.76. The fraction of sp³-hybridized carbons (Fsp3) is 0.583. The SMILES string of the molecule is CCOC(=O)C(CSc1nccc(=O)[nH]1)NC1CC1. The molecule has 0 radical (unpaired) electrons. The predicted molar refractivity (Wildman–Crippen MR) is 72.2 cm³/mol. The van der Waals surface area contributed by atoms with Crippen LogP contribution in [0.4, 0.5) is 0 Å². The van der Waals surface area contributed by atoms with Gasteiger partial charge in [-0.15, -0.1) is 0 Å². The van der Waals surface area contributed by atoms with Gasteiger partial charge in [0.1, 0.15) is 6.04 Å². The smallest absolute Gasteiger partial charge is 0.324 e. The molecule has 0 amide bonds. The average molecular weight is 283 g/mol. The lowest BCUT2D eigenvalue weighted by molar-refractivity contribution is -0.145. The minimum Gasteiger partial charge on any atom is -0.465 e. The van der Waals surface area contributed by atoms with Gasteiger partial charge in [0.15, 0.2) is 5.16 Å². The largest absolute Gasteiger partial charge is 0.465 e. The van der Waals surface area contributed by atoms with Crippen LogP contribution in [0.3, 0.4) is 0 Å². The molecule has 0 aliphatic heterocycles. The summed E-state index contributed by atoms with van der Waals surface area (Å²) in [5.41, 5.74) is -0.194. The molecule has 1 aromatic rings. The van der Waals surface area contributed by atoms with Gasteiger partial charge in [0.05, 0.1) is 6.61 Å². The highest BCUT2D eigenvalue weighted by molar-refractivity contribution is 7.99. The van der Waals surface area contributed by atoms with Gasteiger partial charge in [-0.1, -0.05) is 11.8 Å². The Balaban J connectivity index is 1.91. The van der Waals surface area contributed by atoms with Gasteiger partial charge in [0.2, 0.25) is 0 Å². The summed E-state index contributed by atoms with van der Waals surface area (Å²) in [5.74, 6) is 0.239. The Kier molecular flexibility index (Phi) is 4.98. The maximum atomic E-state index is 11.8. The van der Waals surface area contributed by atoms with Crippen molar-refractivity contribution in [2.75, 3.05) is 12.4 Å². The molecular weight excluding hydrogens is 266 g/mol. The first-order valence-corrected chi connectivity index (χ1v) is 7.28. The average Bonchev–Trinajstić information content (AvgIpc) is 3.18. The molecule has 7 heteroatoms. The van der Waals surface area contributed by atoms with Crippen molar-refractivity contribution < 1.29 is 9.53 Å². The topological polar surface area (TPSA) is 84.1 Å². The van der Waals surface area contributed by atoms with E-state index in [1.165, 1.54) is 24.0 Å². The number of thioether (sulfide) groups is 1. The number of H-pyrrole nitrogens is 1. The number of esters is 1. The van der Waals surface area contributed by atoms with Crippen LogP contribution in [0.15, 0.2) is 22.2 Å². The minimum absolute atomic E-state index is 0.194. The van der Waals surface area contributed by atoms with Crippen molar-refractivity contribution in [3.05, 3.63) is 22.6 Å². The van der Waals surface area contributed by atoms with E-state index in [0.717, 1.165) is 12.8 Å². The zero-order chi connectivity index (χ0) is 13.7. The number of aromatic nitrogens is 2. The van der Waals surface area contributed by atoms with Crippen molar-refractivity contribution in [3.8, 4) is 0 Å². The fourth-order valence-corrected chi connectivity index (χ4v) is 2.41. The lowest BCUT2D eigenvalue weighted by Crippen LogP contribution is -2.41. The molecule has 2 N–H and O–H groups in total. The first-order valence-electron chi connectivity index (χ1n) is 6.30. The first kappa shape index (κ1) is 14.1. The molecule has 6 nitrogen and oxygen atoms in total. The van der Waals surface area contributed by atoms with Crippen LogP contribution in [0.25, 0.3) is 0 Å². The summed E-state index contributed by atoms with van der Waals surface area (Å²) < 4.78 is 5.04. The summed E-state index contributed by atoms with van der Waals surface area (Å²) in [6.07, 6.45) is 3.65. The normalized spacial score (nSPS) is 16.1. The maximum absolute atomic E-state index is 11.8. The molecular formula is C12H17N3O3S. The van der Waals surface area contributed by atoms with E-state index in [0.29, 0.717) is 23.6 Å².